The van der Waals surface area contributed by atoms with Crippen molar-refractivity contribution < 1.29 is 18.0 Å². The quantitative estimate of drug-likeness (QED) is 0.715. The molecule has 1 aromatic heterocycles. The van der Waals surface area contributed by atoms with Crippen molar-refractivity contribution in [1.82, 2.24) is 18.5 Å². The zero-order chi connectivity index (χ0) is 17.9. The maximum atomic E-state index is 13.0. The largest absolute Gasteiger partial charge is 0.350 e. The van der Waals surface area contributed by atoms with Gasteiger partial charge < -0.3 is 9.47 Å². The fraction of sp³-hybridized carbons (Fsp3) is 0.333. The van der Waals surface area contributed by atoms with Crippen LogP contribution in [0.5, 0.6) is 0 Å². The van der Waals surface area contributed by atoms with Crippen molar-refractivity contribution in [2.45, 2.75) is 6.04 Å². The summed E-state index contributed by atoms with van der Waals surface area (Å²) >= 11 is 3.42. The first-order valence-corrected chi connectivity index (χ1v) is 9.88. The van der Waals surface area contributed by atoms with Crippen molar-refractivity contribution in [2.75, 3.05) is 19.6 Å². The zero-order valence-corrected chi connectivity index (χ0v) is 15.7. The number of benzene rings is 1. The van der Waals surface area contributed by atoms with Crippen LogP contribution in [0.3, 0.4) is 0 Å². The smallest absolute Gasteiger partial charge is 0.304 e. The second kappa shape index (κ2) is 5.55. The maximum absolute atomic E-state index is 13.0. The van der Waals surface area contributed by atoms with E-state index >= 15 is 0 Å². The summed E-state index contributed by atoms with van der Waals surface area (Å²) in [5, 5.41) is 0.813. The zero-order valence-electron chi connectivity index (χ0n) is 13.3. The van der Waals surface area contributed by atoms with Crippen molar-refractivity contribution in [3.05, 3.63) is 34.4 Å². The number of carbonyl (C=O) groups is 2. The summed E-state index contributed by atoms with van der Waals surface area (Å²) in [6.45, 7) is 0.397. The van der Waals surface area contributed by atoms with Gasteiger partial charge in [0.15, 0.2) is 0 Å². The molecular weight excluding hydrogens is 412 g/mol. The summed E-state index contributed by atoms with van der Waals surface area (Å²) in [7, 11) is -1.90. The van der Waals surface area contributed by atoms with Gasteiger partial charge in [-0.2, -0.15) is 12.7 Å². The molecule has 1 unspecified atom stereocenters. The molecule has 4 rings (SSSR count). The molecule has 0 bridgehead atoms. The third-order valence-corrected chi connectivity index (χ3v) is 6.65. The molecule has 2 fully saturated rings. The van der Waals surface area contributed by atoms with Gasteiger partial charge in [0.05, 0.1) is 5.56 Å². The summed E-state index contributed by atoms with van der Waals surface area (Å²) in [5.41, 5.74) is 1.46. The Labute approximate surface area is 152 Å². The number of nitrogens with one attached hydrogen (secondary N) is 1. The van der Waals surface area contributed by atoms with E-state index in [1.54, 1.807) is 6.20 Å². The third-order valence-electron chi connectivity index (χ3n) is 4.64. The fourth-order valence-corrected chi connectivity index (χ4v) is 5.10. The first kappa shape index (κ1) is 16.6. The highest BCUT2D eigenvalue weighted by molar-refractivity contribution is 9.10. The molecule has 1 N–H and O–H groups in total. The Bertz CT molecular complexity index is 1020. The summed E-state index contributed by atoms with van der Waals surface area (Å²) in [5.74, 6) is -0.793. The lowest BCUT2D eigenvalue weighted by molar-refractivity contribution is -0.122. The minimum absolute atomic E-state index is 0.0499. The van der Waals surface area contributed by atoms with Crippen molar-refractivity contribution in [3.8, 4) is 0 Å². The first-order chi connectivity index (χ1) is 11.8. The lowest BCUT2D eigenvalue weighted by atomic mass is 10.1. The van der Waals surface area contributed by atoms with Crippen LogP contribution < -0.4 is 4.72 Å². The van der Waals surface area contributed by atoms with Gasteiger partial charge in [0, 0.05) is 48.3 Å². The number of amides is 2. The molecular formula is C15H15BrN4O4S. The van der Waals surface area contributed by atoms with Gasteiger partial charge in [0.25, 0.3) is 11.8 Å². The van der Waals surface area contributed by atoms with E-state index < -0.39 is 22.2 Å². The summed E-state index contributed by atoms with van der Waals surface area (Å²) in [4.78, 5) is 26.4. The molecule has 10 heteroatoms. The summed E-state index contributed by atoms with van der Waals surface area (Å²) in [6.07, 6.45) is 1.76. The Morgan fingerprint density at radius 1 is 1.32 bits per heavy atom. The highest BCUT2D eigenvalue weighted by Gasteiger charge is 2.47. The molecule has 0 spiro atoms. The van der Waals surface area contributed by atoms with Crippen LogP contribution in [-0.2, 0) is 22.1 Å². The van der Waals surface area contributed by atoms with E-state index in [1.807, 2.05) is 34.5 Å². The Hall–Kier alpha value is -1.91. The average molecular weight is 427 g/mol. The first-order valence-electron chi connectivity index (χ1n) is 7.65. The van der Waals surface area contributed by atoms with Gasteiger partial charge >= 0.3 is 10.2 Å². The van der Waals surface area contributed by atoms with Crippen LogP contribution in [0.2, 0.25) is 0 Å². The highest BCUT2D eigenvalue weighted by atomic mass is 79.9. The van der Waals surface area contributed by atoms with E-state index in [0.29, 0.717) is 5.56 Å². The highest BCUT2D eigenvalue weighted by Crippen LogP contribution is 2.27. The number of nitrogens with zero attached hydrogens (tertiary/aromatic N) is 3. The molecule has 2 aliphatic heterocycles. The van der Waals surface area contributed by atoms with Crippen molar-refractivity contribution in [1.29, 1.82) is 0 Å². The Morgan fingerprint density at radius 2 is 2.08 bits per heavy atom. The molecule has 2 amide bonds. The third kappa shape index (κ3) is 2.55. The van der Waals surface area contributed by atoms with Crippen LogP contribution in [0.25, 0.3) is 10.9 Å². The number of rotatable bonds is 1. The number of hydrogen-bond acceptors (Lipinski definition) is 4. The van der Waals surface area contributed by atoms with E-state index in [0.717, 1.165) is 19.7 Å². The average Bonchev–Trinajstić information content (AvgIpc) is 3.00. The molecule has 2 aromatic rings. The standard InChI is InChI=1S/C15H15BrN4O4S/c1-18-7-11(10-6-9(16)2-3-12(10)18)15(22)19-4-5-20-13(8-19)14(21)17-25(20,23)24/h2-3,6-7,13H,4-5,8H2,1H3,(H,17,21). The van der Waals surface area contributed by atoms with Crippen LogP contribution in [0.1, 0.15) is 10.4 Å². The summed E-state index contributed by atoms with van der Waals surface area (Å²) in [6, 6.07) is 4.85. The van der Waals surface area contributed by atoms with Gasteiger partial charge in [0.2, 0.25) is 0 Å². The predicted octanol–water partition coefficient (Wildman–Crippen LogP) is 0.442. The molecule has 2 saturated heterocycles. The minimum atomic E-state index is -3.76. The van der Waals surface area contributed by atoms with Crippen LogP contribution >= 0.6 is 15.9 Å². The lowest BCUT2D eigenvalue weighted by Gasteiger charge is -2.34. The van der Waals surface area contributed by atoms with Crippen LogP contribution in [-0.4, -0.2) is 59.7 Å². The van der Waals surface area contributed by atoms with E-state index in [4.69, 9.17) is 0 Å². The van der Waals surface area contributed by atoms with E-state index in [2.05, 4.69) is 15.9 Å². The molecule has 132 valence electrons. The van der Waals surface area contributed by atoms with Crippen molar-refractivity contribution in [2.24, 2.45) is 7.05 Å². The normalized spacial score (nSPS) is 22.9. The second-order valence-corrected chi connectivity index (χ2v) is 8.70. The van der Waals surface area contributed by atoms with E-state index in [9.17, 15) is 18.0 Å². The molecule has 0 radical (unpaired) electrons. The van der Waals surface area contributed by atoms with Crippen LogP contribution in [0.15, 0.2) is 28.9 Å². The predicted molar refractivity (Wildman–Crippen MR) is 94.1 cm³/mol. The molecule has 2 aliphatic rings. The van der Waals surface area contributed by atoms with Gasteiger partial charge in [-0.05, 0) is 18.2 Å². The topological polar surface area (TPSA) is 91.7 Å². The molecule has 0 saturated carbocycles. The second-order valence-electron chi connectivity index (χ2n) is 6.16. The van der Waals surface area contributed by atoms with Gasteiger partial charge in [-0.25, -0.2) is 4.72 Å². The molecule has 8 nitrogen and oxygen atoms in total. The maximum Gasteiger partial charge on any atom is 0.304 e. The number of piperazine rings is 1. The number of aromatic nitrogens is 1. The summed E-state index contributed by atoms with van der Waals surface area (Å²) < 4.78 is 29.6. The van der Waals surface area contributed by atoms with Crippen LogP contribution in [0, 0.1) is 0 Å². The van der Waals surface area contributed by atoms with Gasteiger partial charge in [0.1, 0.15) is 6.04 Å². The lowest BCUT2D eigenvalue weighted by Crippen LogP contribution is -2.54. The fourth-order valence-electron chi connectivity index (χ4n) is 3.41. The number of aryl methyl sites for hydroxylation is 1. The monoisotopic (exact) mass is 426 g/mol. The Balaban J connectivity index is 1.67. The van der Waals surface area contributed by atoms with E-state index in [-0.39, 0.29) is 25.5 Å². The molecule has 3 heterocycles. The van der Waals surface area contributed by atoms with Crippen molar-refractivity contribution in [3.63, 3.8) is 0 Å². The molecule has 1 aromatic carbocycles. The van der Waals surface area contributed by atoms with Gasteiger partial charge in [-0.3, -0.25) is 9.59 Å². The van der Waals surface area contributed by atoms with E-state index in [1.165, 1.54) is 4.90 Å². The Morgan fingerprint density at radius 3 is 2.84 bits per heavy atom. The minimum Gasteiger partial charge on any atom is -0.350 e. The SMILES string of the molecule is Cn1cc(C(=O)N2CCN3C(C2)C(=O)NS3(=O)=O)c2cc(Br)ccc21. The Kier molecular flexibility index (Phi) is 3.67. The molecule has 0 aliphatic carbocycles. The molecule has 1 atom stereocenters. The number of fused-ring (bicyclic) bond motifs is 2. The van der Waals surface area contributed by atoms with Gasteiger partial charge in [-0.15, -0.1) is 0 Å². The number of hydrogen-bond donors (Lipinski definition) is 1. The van der Waals surface area contributed by atoms with Gasteiger partial charge in [-0.1, -0.05) is 15.9 Å². The van der Waals surface area contributed by atoms with Crippen LogP contribution in [0.4, 0.5) is 0 Å². The molecule has 25 heavy (non-hydrogen) atoms. The number of carbonyl (C=O) groups excluding carboxylic acids is 2. The number of halogens is 1. The van der Waals surface area contributed by atoms with Crippen molar-refractivity contribution >= 4 is 48.9 Å².